The highest BCUT2D eigenvalue weighted by Gasteiger charge is 2.50. The first-order chi connectivity index (χ1) is 13.4. The van der Waals surface area contributed by atoms with Crippen LogP contribution < -0.4 is 5.32 Å². The highest BCUT2D eigenvalue weighted by Crippen LogP contribution is 2.47. The van der Waals surface area contributed by atoms with E-state index in [0.29, 0.717) is 11.5 Å². The van der Waals surface area contributed by atoms with E-state index >= 15 is 0 Å². The fourth-order valence-corrected chi connectivity index (χ4v) is 4.19. The lowest BCUT2D eigenvalue weighted by Gasteiger charge is -2.32. The van der Waals surface area contributed by atoms with Crippen molar-refractivity contribution in [2.75, 3.05) is 5.32 Å². The lowest BCUT2D eigenvalue weighted by atomic mass is 10.0. The van der Waals surface area contributed by atoms with Crippen LogP contribution in [0.4, 0.5) is 10.6 Å². The van der Waals surface area contributed by atoms with Gasteiger partial charge in [-0.15, -0.1) is 0 Å². The average molecular weight is 383 g/mol. The Kier molecular flexibility index (Phi) is 4.78. The maximum Gasteiger partial charge on any atom is 0.408 e. The third-order valence-electron chi connectivity index (χ3n) is 5.90. The molecule has 3 N–H and O–H groups in total. The number of H-pyrrole nitrogens is 1. The van der Waals surface area contributed by atoms with E-state index in [4.69, 9.17) is 0 Å². The minimum atomic E-state index is -0.822. The Balaban J connectivity index is 1.36. The molecule has 2 heterocycles. The van der Waals surface area contributed by atoms with Gasteiger partial charge in [0.2, 0.25) is 5.91 Å². The Labute approximate surface area is 163 Å². The third kappa shape index (κ3) is 3.85. The number of aromatic amines is 1. The molecule has 2 fully saturated rings. The summed E-state index contributed by atoms with van der Waals surface area (Å²) in [6.45, 7) is 2.03. The van der Waals surface area contributed by atoms with E-state index in [0.717, 1.165) is 37.8 Å². The minimum Gasteiger partial charge on any atom is -0.465 e. The number of carboxylic acid groups (broad SMARTS) is 1. The Hall–Kier alpha value is -2.90. The van der Waals surface area contributed by atoms with Gasteiger partial charge in [-0.1, -0.05) is 6.07 Å². The normalized spacial score (nSPS) is 22.6. The molecule has 2 unspecified atom stereocenters. The smallest absolute Gasteiger partial charge is 0.408 e. The maximum absolute atomic E-state index is 12.2. The van der Waals surface area contributed by atoms with Crippen molar-refractivity contribution in [1.82, 2.24) is 20.1 Å². The second-order valence-corrected chi connectivity index (χ2v) is 8.07. The quantitative estimate of drug-likeness (QED) is 0.709. The lowest BCUT2D eigenvalue weighted by Crippen LogP contribution is -2.45. The van der Waals surface area contributed by atoms with Crippen molar-refractivity contribution in [2.45, 2.75) is 62.9 Å². The van der Waals surface area contributed by atoms with Crippen LogP contribution in [0.3, 0.4) is 0 Å². The molecule has 2 aliphatic rings. The Bertz CT molecular complexity index is 862. The summed E-state index contributed by atoms with van der Waals surface area (Å²) in [6.07, 6.45) is 5.47. The number of hydrogen-bond donors (Lipinski definition) is 3. The molecule has 2 amide bonds. The van der Waals surface area contributed by atoms with Gasteiger partial charge in [0.25, 0.3) is 0 Å². The van der Waals surface area contributed by atoms with Gasteiger partial charge in [0, 0.05) is 41.1 Å². The Morgan fingerprint density at radius 2 is 2.18 bits per heavy atom. The highest BCUT2D eigenvalue weighted by atomic mass is 16.4. The van der Waals surface area contributed by atoms with Gasteiger partial charge in [-0.05, 0) is 51.2 Å². The number of nitrogens with zero attached hydrogens (tertiary/aromatic N) is 3. The monoisotopic (exact) mass is 383 g/mol. The number of rotatable bonds is 6. The molecule has 28 heavy (non-hydrogen) atoms. The van der Waals surface area contributed by atoms with E-state index in [-0.39, 0.29) is 29.8 Å². The van der Waals surface area contributed by atoms with E-state index in [2.05, 4.69) is 20.5 Å². The van der Waals surface area contributed by atoms with Crippen molar-refractivity contribution < 1.29 is 14.7 Å². The molecule has 8 heteroatoms. The molecule has 0 bridgehead atoms. The Morgan fingerprint density at radius 3 is 2.86 bits per heavy atom. The molecule has 4 rings (SSSR count). The van der Waals surface area contributed by atoms with Gasteiger partial charge in [0.15, 0.2) is 5.82 Å². The molecule has 2 aromatic rings. The van der Waals surface area contributed by atoms with E-state index < -0.39 is 6.09 Å². The van der Waals surface area contributed by atoms with Crippen molar-refractivity contribution in [1.29, 1.82) is 0 Å². The molecule has 0 aliphatic heterocycles. The van der Waals surface area contributed by atoms with Gasteiger partial charge < -0.3 is 10.4 Å². The van der Waals surface area contributed by atoms with Crippen LogP contribution in [0, 0.1) is 0 Å². The van der Waals surface area contributed by atoms with Crippen LogP contribution in [-0.2, 0) is 11.2 Å². The number of nitrogens with one attached hydrogen (secondary N) is 2. The fraction of sp³-hybridized carbons (Fsp3) is 0.500. The van der Waals surface area contributed by atoms with Crippen LogP contribution in [-0.4, -0.2) is 48.8 Å². The minimum absolute atomic E-state index is 0.0421. The molecular weight excluding hydrogens is 358 g/mol. The van der Waals surface area contributed by atoms with Crippen LogP contribution >= 0.6 is 0 Å². The van der Waals surface area contributed by atoms with Gasteiger partial charge >= 0.3 is 6.09 Å². The first-order valence-electron chi connectivity index (χ1n) is 9.72. The van der Waals surface area contributed by atoms with E-state index in [1.807, 2.05) is 31.2 Å². The summed E-state index contributed by atoms with van der Waals surface area (Å²) < 4.78 is 0. The zero-order chi connectivity index (χ0) is 19.7. The molecule has 2 aromatic heterocycles. The van der Waals surface area contributed by atoms with Gasteiger partial charge in [0.05, 0.1) is 6.42 Å². The summed E-state index contributed by atoms with van der Waals surface area (Å²) in [5, 5.41) is 19.7. The Morgan fingerprint density at radius 1 is 1.36 bits per heavy atom. The van der Waals surface area contributed by atoms with Crippen LogP contribution in [0.5, 0.6) is 0 Å². The SMILES string of the molecule is CC1(N(C(=O)O)C2CCC(c3cc(NC(=O)Cc4ccccn4)n[nH]3)C2)CC1. The number of pyridine rings is 1. The topological polar surface area (TPSA) is 111 Å². The molecular formula is C20H25N5O3. The van der Waals surface area contributed by atoms with Gasteiger partial charge in [-0.2, -0.15) is 5.10 Å². The largest absolute Gasteiger partial charge is 0.465 e. The summed E-state index contributed by atoms with van der Waals surface area (Å²) in [5.41, 5.74) is 1.46. The molecule has 148 valence electrons. The number of aromatic nitrogens is 3. The summed E-state index contributed by atoms with van der Waals surface area (Å²) in [4.78, 5) is 29.7. The number of carbonyl (C=O) groups excluding carboxylic acids is 1. The summed E-state index contributed by atoms with van der Waals surface area (Å²) in [7, 11) is 0. The van der Waals surface area contributed by atoms with Crippen LogP contribution in [0.25, 0.3) is 0 Å². The van der Waals surface area contributed by atoms with Gasteiger partial charge in [-0.3, -0.25) is 19.8 Å². The van der Waals surface area contributed by atoms with E-state index in [1.54, 1.807) is 11.1 Å². The standard InChI is InChI=1S/C20H25N5O3/c1-20(7-8-20)25(19(27)28)15-6-5-13(10-15)16-12-17(24-23-16)22-18(26)11-14-4-2-3-9-21-14/h2-4,9,12-13,15H,5-8,10-11H2,1H3,(H,27,28)(H2,22,23,24,26). The van der Waals surface area contributed by atoms with E-state index in [1.165, 1.54) is 0 Å². The first-order valence-corrected chi connectivity index (χ1v) is 9.72. The van der Waals surface area contributed by atoms with Crippen molar-refractivity contribution in [2.24, 2.45) is 0 Å². The molecule has 2 aliphatic carbocycles. The third-order valence-corrected chi connectivity index (χ3v) is 5.90. The second kappa shape index (κ2) is 7.26. The molecule has 0 radical (unpaired) electrons. The van der Waals surface area contributed by atoms with Crippen LogP contribution in [0.15, 0.2) is 30.5 Å². The summed E-state index contributed by atoms with van der Waals surface area (Å²) in [5.74, 6) is 0.548. The molecule has 0 aromatic carbocycles. The molecule has 2 saturated carbocycles. The predicted octanol–water partition coefficient (Wildman–Crippen LogP) is 3.15. The summed E-state index contributed by atoms with van der Waals surface area (Å²) in [6, 6.07) is 7.36. The molecule has 0 spiro atoms. The van der Waals surface area contributed by atoms with Gasteiger partial charge in [-0.25, -0.2) is 4.79 Å². The molecule has 2 atom stereocenters. The zero-order valence-electron chi connectivity index (χ0n) is 15.9. The molecule has 8 nitrogen and oxygen atoms in total. The van der Waals surface area contributed by atoms with Crippen molar-refractivity contribution >= 4 is 17.8 Å². The van der Waals surface area contributed by atoms with Crippen molar-refractivity contribution in [3.8, 4) is 0 Å². The highest BCUT2D eigenvalue weighted by molar-refractivity contribution is 5.91. The fourth-order valence-electron chi connectivity index (χ4n) is 4.19. The average Bonchev–Trinajstić information content (AvgIpc) is 3.05. The number of carbonyl (C=O) groups is 2. The second-order valence-electron chi connectivity index (χ2n) is 8.07. The zero-order valence-corrected chi connectivity index (χ0v) is 15.9. The number of amides is 2. The van der Waals surface area contributed by atoms with E-state index in [9.17, 15) is 14.7 Å². The lowest BCUT2D eigenvalue weighted by molar-refractivity contribution is -0.115. The summed E-state index contributed by atoms with van der Waals surface area (Å²) >= 11 is 0. The number of anilines is 1. The molecule has 0 saturated heterocycles. The van der Waals surface area contributed by atoms with Gasteiger partial charge in [0.1, 0.15) is 0 Å². The first kappa shape index (κ1) is 18.5. The predicted molar refractivity (Wildman–Crippen MR) is 103 cm³/mol. The maximum atomic E-state index is 12.2. The van der Waals surface area contributed by atoms with Crippen LogP contribution in [0.2, 0.25) is 0 Å². The number of hydrogen-bond acceptors (Lipinski definition) is 4. The van der Waals surface area contributed by atoms with Crippen molar-refractivity contribution in [3.63, 3.8) is 0 Å². The van der Waals surface area contributed by atoms with Crippen LogP contribution in [0.1, 0.15) is 56.3 Å². The van der Waals surface area contributed by atoms with Crippen molar-refractivity contribution in [3.05, 3.63) is 41.9 Å².